The number of nitrogens with zero attached hydrogens (tertiary/aromatic N) is 1. The number of halogens is 2. The van der Waals surface area contributed by atoms with E-state index in [0.29, 0.717) is 26.9 Å². The molecule has 0 bridgehead atoms. The number of Topliss-reactive ketones (excluding diaryl/α,β-unsaturated/α-hetero) is 1. The number of benzene rings is 2. The zero-order valence-electron chi connectivity index (χ0n) is 14.6. The topological polar surface area (TPSA) is 70.8 Å². The predicted molar refractivity (Wildman–Crippen MR) is 106 cm³/mol. The van der Waals surface area contributed by atoms with Crippen molar-refractivity contribution in [2.75, 3.05) is 4.90 Å². The van der Waals surface area contributed by atoms with Gasteiger partial charge < -0.3 is 14.4 Å². The number of furan rings is 1. The summed E-state index contributed by atoms with van der Waals surface area (Å²) in [5.74, 6) is -0.982. The molecule has 1 N–H and O–H groups in total. The van der Waals surface area contributed by atoms with Gasteiger partial charge in [0.15, 0.2) is 11.4 Å². The number of para-hydroxylation sites is 1. The third-order valence-electron chi connectivity index (χ3n) is 4.83. The van der Waals surface area contributed by atoms with Gasteiger partial charge in [-0.2, -0.15) is 0 Å². The van der Waals surface area contributed by atoms with Crippen molar-refractivity contribution < 1.29 is 19.1 Å². The number of amides is 1. The molecule has 1 aliphatic heterocycles. The van der Waals surface area contributed by atoms with E-state index in [4.69, 9.17) is 27.6 Å². The van der Waals surface area contributed by atoms with Crippen LogP contribution in [0.3, 0.4) is 0 Å². The fourth-order valence-corrected chi connectivity index (χ4v) is 3.95. The van der Waals surface area contributed by atoms with E-state index in [1.165, 1.54) is 17.2 Å². The molecule has 1 aromatic heterocycles. The molecule has 2 aromatic carbocycles. The average molecular weight is 416 g/mol. The van der Waals surface area contributed by atoms with Gasteiger partial charge in [-0.05, 0) is 30.3 Å². The van der Waals surface area contributed by atoms with Crippen molar-refractivity contribution in [2.24, 2.45) is 0 Å². The maximum atomic E-state index is 13.2. The van der Waals surface area contributed by atoms with E-state index in [-0.39, 0.29) is 12.3 Å². The molecule has 142 valence electrons. The first kappa shape index (κ1) is 18.7. The minimum Gasteiger partial charge on any atom is -0.461 e. The first-order valence-corrected chi connectivity index (χ1v) is 9.31. The van der Waals surface area contributed by atoms with Gasteiger partial charge in [0, 0.05) is 21.2 Å². The molecule has 7 heteroatoms. The zero-order valence-corrected chi connectivity index (χ0v) is 16.1. The summed E-state index contributed by atoms with van der Waals surface area (Å²) in [6.07, 6.45) is 0.941. The molecule has 1 atom stereocenters. The lowest BCUT2D eigenvalue weighted by atomic mass is 9.89. The number of hydrogen-bond acceptors (Lipinski definition) is 4. The second kappa shape index (κ2) is 7.09. The van der Waals surface area contributed by atoms with Crippen molar-refractivity contribution >= 4 is 40.6 Å². The molecular formula is C21H15Cl2NO4. The maximum Gasteiger partial charge on any atom is 0.264 e. The van der Waals surface area contributed by atoms with Crippen LogP contribution in [0.15, 0.2) is 65.3 Å². The molecule has 0 unspecified atom stereocenters. The quantitative estimate of drug-likeness (QED) is 0.618. The Morgan fingerprint density at radius 3 is 2.43 bits per heavy atom. The molecule has 1 aliphatic rings. The van der Waals surface area contributed by atoms with E-state index >= 15 is 0 Å². The summed E-state index contributed by atoms with van der Waals surface area (Å²) in [4.78, 5) is 27.2. The highest BCUT2D eigenvalue weighted by molar-refractivity contribution is 6.36. The van der Waals surface area contributed by atoms with Crippen LogP contribution in [0.25, 0.3) is 0 Å². The van der Waals surface area contributed by atoms with E-state index < -0.39 is 23.7 Å². The van der Waals surface area contributed by atoms with Crippen LogP contribution in [0.5, 0.6) is 0 Å². The van der Waals surface area contributed by atoms with Crippen molar-refractivity contribution in [2.45, 2.75) is 18.6 Å². The third-order valence-corrected chi connectivity index (χ3v) is 5.54. The number of aliphatic hydroxyl groups is 1. The zero-order chi connectivity index (χ0) is 19.9. The van der Waals surface area contributed by atoms with Gasteiger partial charge in [-0.3, -0.25) is 9.59 Å². The van der Waals surface area contributed by atoms with Crippen molar-refractivity contribution in [3.05, 3.63) is 87.8 Å². The predicted octanol–water partition coefficient (Wildman–Crippen LogP) is 4.59. The van der Waals surface area contributed by atoms with Crippen LogP contribution in [0.1, 0.15) is 28.1 Å². The number of hydrogen-bond donors (Lipinski definition) is 1. The second-order valence-corrected chi connectivity index (χ2v) is 7.36. The van der Waals surface area contributed by atoms with Gasteiger partial charge in [0.1, 0.15) is 0 Å². The lowest BCUT2D eigenvalue weighted by molar-refractivity contribution is -0.136. The van der Waals surface area contributed by atoms with Crippen LogP contribution in [0.4, 0.5) is 5.69 Å². The summed E-state index contributed by atoms with van der Waals surface area (Å²) in [6, 6.07) is 15.0. The largest absolute Gasteiger partial charge is 0.461 e. The summed E-state index contributed by atoms with van der Waals surface area (Å²) in [7, 11) is 0. The Labute approximate surface area is 171 Å². The number of ketones is 1. The number of carbonyl (C=O) groups is 2. The Bertz CT molecular complexity index is 1040. The van der Waals surface area contributed by atoms with Crippen LogP contribution in [-0.2, 0) is 16.9 Å². The molecule has 0 saturated heterocycles. The van der Waals surface area contributed by atoms with Crippen molar-refractivity contribution in [1.82, 2.24) is 0 Å². The van der Waals surface area contributed by atoms with Gasteiger partial charge in [-0.25, -0.2) is 0 Å². The number of fused-ring (bicyclic) bond motifs is 1. The van der Waals surface area contributed by atoms with Crippen molar-refractivity contribution in [3.63, 3.8) is 0 Å². The normalized spacial score (nSPS) is 18.4. The molecule has 5 nitrogen and oxygen atoms in total. The van der Waals surface area contributed by atoms with Crippen LogP contribution in [0.2, 0.25) is 10.0 Å². The molecule has 0 spiro atoms. The summed E-state index contributed by atoms with van der Waals surface area (Å²) in [5, 5.41) is 12.1. The van der Waals surface area contributed by atoms with E-state index in [2.05, 4.69) is 0 Å². The van der Waals surface area contributed by atoms with Crippen molar-refractivity contribution in [3.8, 4) is 0 Å². The lowest BCUT2D eigenvalue weighted by Crippen LogP contribution is -2.41. The van der Waals surface area contributed by atoms with Gasteiger partial charge in [-0.1, -0.05) is 47.5 Å². The number of anilines is 1. The Hall–Kier alpha value is -2.60. The lowest BCUT2D eigenvalue weighted by Gasteiger charge is -2.23. The summed E-state index contributed by atoms with van der Waals surface area (Å²) < 4.78 is 5.11. The monoisotopic (exact) mass is 415 g/mol. The second-order valence-electron chi connectivity index (χ2n) is 6.55. The summed E-state index contributed by atoms with van der Waals surface area (Å²) in [6.45, 7) is 0.0750. The van der Waals surface area contributed by atoms with Gasteiger partial charge in [0.25, 0.3) is 5.91 Å². The summed E-state index contributed by atoms with van der Waals surface area (Å²) >= 11 is 12.5. The molecule has 0 fully saturated rings. The molecule has 0 saturated carbocycles. The molecule has 0 radical (unpaired) electrons. The molecule has 0 aliphatic carbocycles. The fraction of sp³-hybridized carbons (Fsp3) is 0.143. The Balaban J connectivity index is 1.73. The van der Waals surface area contributed by atoms with E-state index in [1.54, 1.807) is 48.5 Å². The average Bonchev–Trinajstić information content (AvgIpc) is 3.28. The minimum atomic E-state index is -1.99. The Kier molecular flexibility index (Phi) is 4.75. The molecule has 3 aromatic rings. The molecule has 4 rings (SSSR count). The van der Waals surface area contributed by atoms with E-state index in [9.17, 15) is 14.7 Å². The van der Waals surface area contributed by atoms with Gasteiger partial charge in [0.2, 0.25) is 5.78 Å². The minimum absolute atomic E-state index is 0.0750. The van der Waals surface area contributed by atoms with Gasteiger partial charge in [-0.15, -0.1) is 0 Å². The molecule has 2 heterocycles. The van der Waals surface area contributed by atoms with Crippen LogP contribution >= 0.6 is 23.2 Å². The van der Waals surface area contributed by atoms with Gasteiger partial charge in [0.05, 0.1) is 24.9 Å². The van der Waals surface area contributed by atoms with Crippen LogP contribution in [0, 0.1) is 0 Å². The van der Waals surface area contributed by atoms with Gasteiger partial charge >= 0.3 is 0 Å². The first-order valence-electron chi connectivity index (χ1n) is 8.55. The first-order chi connectivity index (χ1) is 13.4. The Morgan fingerprint density at radius 2 is 1.75 bits per heavy atom. The standard InChI is InChI=1S/C21H15Cl2NO4/c22-15-6-3-7-16(23)13(15)12-24-17-8-2-1-5-14(17)21(27,20(24)26)11-18(25)19-9-4-10-28-19/h1-10,27H,11-12H2/t21-/m1/s1. The highest BCUT2D eigenvalue weighted by atomic mass is 35.5. The molecular weight excluding hydrogens is 401 g/mol. The highest BCUT2D eigenvalue weighted by Crippen LogP contribution is 2.44. The van der Waals surface area contributed by atoms with Crippen LogP contribution < -0.4 is 4.90 Å². The molecule has 28 heavy (non-hydrogen) atoms. The summed E-state index contributed by atoms with van der Waals surface area (Å²) in [5.41, 5.74) is -0.550. The van der Waals surface area contributed by atoms with E-state index in [0.717, 1.165) is 0 Å². The van der Waals surface area contributed by atoms with E-state index in [1.807, 2.05) is 0 Å². The third kappa shape index (κ3) is 3.02. The maximum absolute atomic E-state index is 13.2. The Morgan fingerprint density at radius 1 is 1.04 bits per heavy atom. The molecule has 1 amide bonds. The van der Waals surface area contributed by atoms with Crippen LogP contribution in [-0.4, -0.2) is 16.8 Å². The fourth-order valence-electron chi connectivity index (χ4n) is 3.43. The number of carbonyl (C=O) groups excluding carboxylic acids is 2. The van der Waals surface area contributed by atoms with Crippen molar-refractivity contribution in [1.29, 1.82) is 0 Å². The smallest absolute Gasteiger partial charge is 0.264 e. The highest BCUT2D eigenvalue weighted by Gasteiger charge is 2.51. The number of rotatable bonds is 5. The SMILES string of the molecule is O=C(C[C@]1(O)C(=O)N(Cc2c(Cl)cccc2Cl)c2ccccc21)c1ccco1.